The molecule has 1 rings (SSSR count). The van der Waals surface area contributed by atoms with Crippen LogP contribution in [0.3, 0.4) is 0 Å². The molecule has 1 unspecified atom stereocenters. The summed E-state index contributed by atoms with van der Waals surface area (Å²) in [5.41, 5.74) is 1.06. The Morgan fingerprint density at radius 1 is 1.19 bits per heavy atom. The minimum absolute atomic E-state index is 0.0570. The van der Waals surface area contributed by atoms with E-state index in [0.717, 1.165) is 12.0 Å². The zero-order valence-corrected chi connectivity index (χ0v) is 14.3. The summed E-state index contributed by atoms with van der Waals surface area (Å²) in [6.07, 6.45) is 2.63. The van der Waals surface area contributed by atoms with Crippen LogP contribution in [-0.4, -0.2) is 37.8 Å². The van der Waals surface area contributed by atoms with Gasteiger partial charge in [-0.15, -0.1) is 11.6 Å². The normalized spacial score (nSPS) is 14.0. The lowest BCUT2D eigenvalue weighted by molar-refractivity contribution is 0.170. The minimum Gasteiger partial charge on any atom is -0.488 e. The molecule has 21 heavy (non-hydrogen) atoms. The third-order valence-corrected chi connectivity index (χ3v) is 4.31. The Balaban J connectivity index is 2.83. The van der Waals surface area contributed by atoms with Crippen LogP contribution in [0, 0.1) is 5.92 Å². The number of hydrogen-bond donors (Lipinski definition) is 0. The lowest BCUT2D eigenvalue weighted by Gasteiger charge is -2.22. The highest BCUT2D eigenvalue weighted by atomic mass is 35.5. The number of aromatic nitrogens is 1. The van der Waals surface area contributed by atoms with Crippen molar-refractivity contribution in [2.45, 2.75) is 38.5 Å². The molecule has 0 bridgehead atoms. The van der Waals surface area contributed by atoms with Gasteiger partial charge in [-0.25, -0.2) is 4.98 Å². The number of alkyl halides is 1. The van der Waals surface area contributed by atoms with Gasteiger partial charge in [-0.1, -0.05) is 20.8 Å². The number of pyridine rings is 1. The monoisotopic (exact) mass is 315 g/mol. The lowest BCUT2D eigenvalue weighted by Crippen LogP contribution is -2.16. The number of hydrogen-bond acceptors (Lipinski definition) is 4. The zero-order chi connectivity index (χ0) is 15.8. The van der Waals surface area contributed by atoms with Crippen molar-refractivity contribution in [3.05, 3.63) is 17.8 Å². The smallest absolute Gasteiger partial charge is 0.256 e. The molecule has 0 N–H and O–H groups in total. The predicted octanol–water partition coefficient (Wildman–Crippen LogP) is 3.87. The van der Waals surface area contributed by atoms with E-state index < -0.39 is 0 Å². The first-order chi connectivity index (χ1) is 10.0. The number of halogens is 1. The van der Waals surface area contributed by atoms with Crippen LogP contribution >= 0.6 is 11.6 Å². The van der Waals surface area contributed by atoms with Crippen molar-refractivity contribution in [3.63, 3.8) is 0 Å². The Morgan fingerprint density at radius 3 is 2.48 bits per heavy atom. The topological polar surface area (TPSA) is 40.6 Å². The number of nitrogens with zero attached hydrogens (tertiary/aromatic N) is 1. The Morgan fingerprint density at radius 2 is 1.90 bits per heavy atom. The molecule has 0 fully saturated rings. The van der Waals surface area contributed by atoms with Crippen LogP contribution in [0.15, 0.2) is 12.3 Å². The van der Waals surface area contributed by atoms with E-state index in [-0.39, 0.29) is 11.3 Å². The van der Waals surface area contributed by atoms with Crippen molar-refractivity contribution >= 4 is 11.6 Å². The molecule has 0 aliphatic heterocycles. The molecule has 4 nitrogen and oxygen atoms in total. The van der Waals surface area contributed by atoms with Gasteiger partial charge in [0.2, 0.25) is 0 Å². The van der Waals surface area contributed by atoms with E-state index in [1.54, 1.807) is 14.2 Å². The molecule has 120 valence electrons. The maximum Gasteiger partial charge on any atom is 0.256 e. The predicted molar refractivity (Wildman–Crippen MR) is 85.7 cm³/mol. The number of rotatable bonds is 9. The molecular weight excluding hydrogens is 290 g/mol. The second-order valence-electron chi connectivity index (χ2n) is 5.45. The summed E-state index contributed by atoms with van der Waals surface area (Å²) in [4.78, 5) is 4.32. The van der Waals surface area contributed by atoms with Crippen molar-refractivity contribution in [3.8, 4) is 11.6 Å². The van der Waals surface area contributed by atoms with Crippen molar-refractivity contribution in [2.24, 2.45) is 5.92 Å². The molecule has 1 aromatic rings. The molecule has 0 aromatic carbocycles. The summed E-state index contributed by atoms with van der Waals surface area (Å²) in [5.74, 6) is 1.76. The average molecular weight is 316 g/mol. The zero-order valence-electron chi connectivity index (χ0n) is 13.6. The van der Waals surface area contributed by atoms with E-state index in [0.29, 0.717) is 30.8 Å². The maximum atomic E-state index is 6.46. The molecular formula is C16H26ClNO3. The second kappa shape index (κ2) is 9.11. The Hall–Kier alpha value is -1.00. The molecule has 1 heterocycles. The van der Waals surface area contributed by atoms with Crippen molar-refractivity contribution in [2.75, 3.05) is 27.4 Å². The molecule has 5 heteroatoms. The summed E-state index contributed by atoms with van der Waals surface area (Å²) in [6.45, 7) is 7.58. The molecule has 2 atom stereocenters. The quantitative estimate of drug-likeness (QED) is 0.512. The van der Waals surface area contributed by atoms with Crippen LogP contribution in [0.4, 0.5) is 0 Å². The Bertz CT molecular complexity index is 426. The van der Waals surface area contributed by atoms with Gasteiger partial charge < -0.3 is 14.2 Å². The molecule has 0 aliphatic carbocycles. The van der Waals surface area contributed by atoms with Crippen molar-refractivity contribution in [1.29, 1.82) is 0 Å². The highest BCUT2D eigenvalue weighted by molar-refractivity contribution is 6.21. The minimum atomic E-state index is 0.0570. The summed E-state index contributed by atoms with van der Waals surface area (Å²) in [6, 6.07) is 1.97. The van der Waals surface area contributed by atoms with Gasteiger partial charge in [-0.2, -0.15) is 0 Å². The first kappa shape index (κ1) is 18.1. The second-order valence-corrected chi connectivity index (χ2v) is 5.95. The molecule has 0 radical (unpaired) electrons. The highest BCUT2D eigenvalue weighted by Crippen LogP contribution is 2.33. The summed E-state index contributed by atoms with van der Waals surface area (Å²) in [5, 5.41) is 0.0570. The van der Waals surface area contributed by atoms with E-state index >= 15 is 0 Å². The lowest BCUT2D eigenvalue weighted by atomic mass is 9.92. The van der Waals surface area contributed by atoms with Gasteiger partial charge in [0.05, 0.1) is 13.7 Å². The fourth-order valence-corrected chi connectivity index (χ4v) is 2.24. The average Bonchev–Trinajstić information content (AvgIpc) is 2.49. The molecule has 0 spiro atoms. The first-order valence-electron chi connectivity index (χ1n) is 7.31. The standard InChI is InChI=1S/C16H26ClNO3/c1-11(2)15(17)12(3)13-9-14(16(20-5)18-10-13)21-8-6-7-19-4/h9-12,15H,6-8H2,1-5H3/t12-,15?/m1/s1. The number of methoxy groups -OCH3 is 2. The molecule has 0 saturated carbocycles. The van der Waals surface area contributed by atoms with E-state index in [1.807, 2.05) is 12.3 Å². The Labute approximate surface area is 132 Å². The van der Waals surface area contributed by atoms with E-state index in [9.17, 15) is 0 Å². The number of ether oxygens (including phenoxy) is 3. The van der Waals surface area contributed by atoms with Crippen LogP contribution in [0.2, 0.25) is 0 Å². The summed E-state index contributed by atoms with van der Waals surface area (Å²) in [7, 11) is 3.27. The molecule has 1 aromatic heterocycles. The SMILES string of the molecule is COCCCOc1cc([C@@H](C)C(Cl)C(C)C)cnc1OC. The van der Waals surface area contributed by atoms with E-state index in [2.05, 4.69) is 25.8 Å². The fourth-order valence-electron chi connectivity index (χ4n) is 2.10. The molecule has 0 aliphatic rings. The van der Waals surface area contributed by atoms with Crippen LogP contribution in [0.25, 0.3) is 0 Å². The molecule has 0 saturated heterocycles. The van der Waals surface area contributed by atoms with E-state index in [4.69, 9.17) is 25.8 Å². The van der Waals surface area contributed by atoms with Gasteiger partial charge in [0.25, 0.3) is 5.88 Å². The highest BCUT2D eigenvalue weighted by Gasteiger charge is 2.21. The maximum absolute atomic E-state index is 6.46. The van der Waals surface area contributed by atoms with Gasteiger partial charge in [0.15, 0.2) is 5.75 Å². The Kier molecular flexibility index (Phi) is 7.83. The van der Waals surface area contributed by atoms with Crippen LogP contribution in [-0.2, 0) is 4.74 Å². The van der Waals surface area contributed by atoms with Crippen LogP contribution < -0.4 is 9.47 Å². The van der Waals surface area contributed by atoms with Crippen LogP contribution in [0.1, 0.15) is 38.7 Å². The van der Waals surface area contributed by atoms with Gasteiger partial charge in [0.1, 0.15) is 0 Å². The third-order valence-electron chi connectivity index (χ3n) is 3.42. The van der Waals surface area contributed by atoms with Gasteiger partial charge in [-0.3, -0.25) is 0 Å². The van der Waals surface area contributed by atoms with Crippen LogP contribution in [0.5, 0.6) is 11.6 Å². The summed E-state index contributed by atoms with van der Waals surface area (Å²) < 4.78 is 16.0. The van der Waals surface area contributed by atoms with Gasteiger partial charge in [-0.05, 0) is 23.5 Å². The summed E-state index contributed by atoms with van der Waals surface area (Å²) >= 11 is 6.46. The molecule has 0 amide bonds. The largest absolute Gasteiger partial charge is 0.488 e. The first-order valence-corrected chi connectivity index (χ1v) is 7.74. The van der Waals surface area contributed by atoms with Crippen molar-refractivity contribution < 1.29 is 14.2 Å². The van der Waals surface area contributed by atoms with Gasteiger partial charge in [0, 0.05) is 31.7 Å². The third kappa shape index (κ3) is 5.36. The fraction of sp³-hybridized carbons (Fsp3) is 0.688. The van der Waals surface area contributed by atoms with E-state index in [1.165, 1.54) is 0 Å². The van der Waals surface area contributed by atoms with Crippen molar-refractivity contribution in [1.82, 2.24) is 4.98 Å². The van der Waals surface area contributed by atoms with Gasteiger partial charge >= 0.3 is 0 Å².